The Kier molecular flexibility index (Phi) is 10.5. The highest BCUT2D eigenvalue weighted by molar-refractivity contribution is 7.92. The molecule has 7 nitrogen and oxygen atoms in total. The van der Waals surface area contributed by atoms with Gasteiger partial charge in [0.1, 0.15) is 18.4 Å². The number of hydrogen-bond acceptors (Lipinski definition) is 4. The van der Waals surface area contributed by atoms with Crippen molar-refractivity contribution in [2.75, 3.05) is 23.7 Å². The van der Waals surface area contributed by atoms with Crippen LogP contribution in [0, 0.1) is 11.7 Å². The lowest BCUT2D eigenvalue weighted by molar-refractivity contribution is -0.140. The number of halogens is 1. The average Bonchev–Trinajstić information content (AvgIpc) is 2.81. The molecular formula is C27H38FN3O4S. The average molecular weight is 520 g/mol. The quantitative estimate of drug-likeness (QED) is 0.453. The van der Waals surface area contributed by atoms with E-state index < -0.39 is 34.3 Å². The number of hydrogen-bond donors (Lipinski definition) is 1. The molecule has 2 aromatic rings. The SMILES string of the molecule is CC[C@H](C(=O)NCC(C)C)N(Cc1ccc(F)cc1)C(=O)CN(c1ccccc1C(C)C)S(C)(=O)=O. The van der Waals surface area contributed by atoms with Crippen LogP contribution >= 0.6 is 0 Å². The Balaban J connectivity index is 2.47. The van der Waals surface area contributed by atoms with E-state index in [2.05, 4.69) is 5.32 Å². The Morgan fingerprint density at radius 2 is 1.61 bits per heavy atom. The molecule has 0 unspecified atom stereocenters. The molecule has 0 fully saturated rings. The molecule has 0 aliphatic heterocycles. The Bertz CT molecular complexity index is 1130. The monoisotopic (exact) mass is 519 g/mol. The number of sulfonamides is 1. The Morgan fingerprint density at radius 3 is 2.14 bits per heavy atom. The van der Waals surface area contributed by atoms with Crippen molar-refractivity contribution in [3.63, 3.8) is 0 Å². The van der Waals surface area contributed by atoms with Gasteiger partial charge in [0.05, 0.1) is 11.9 Å². The van der Waals surface area contributed by atoms with Gasteiger partial charge >= 0.3 is 0 Å². The number of carbonyl (C=O) groups is 2. The maximum absolute atomic E-state index is 13.7. The molecule has 0 spiro atoms. The predicted octanol–water partition coefficient (Wildman–Crippen LogP) is 4.29. The fourth-order valence-electron chi connectivity index (χ4n) is 3.93. The van der Waals surface area contributed by atoms with Crippen molar-refractivity contribution in [1.29, 1.82) is 0 Å². The summed E-state index contributed by atoms with van der Waals surface area (Å²) in [4.78, 5) is 28.2. The van der Waals surface area contributed by atoms with Gasteiger partial charge in [-0.2, -0.15) is 0 Å². The van der Waals surface area contributed by atoms with Crippen molar-refractivity contribution < 1.29 is 22.4 Å². The van der Waals surface area contributed by atoms with Gasteiger partial charge in [-0.3, -0.25) is 13.9 Å². The van der Waals surface area contributed by atoms with Gasteiger partial charge in [0.25, 0.3) is 0 Å². The number of nitrogens with zero attached hydrogens (tertiary/aromatic N) is 2. The first-order chi connectivity index (χ1) is 16.8. The second kappa shape index (κ2) is 12.9. The molecule has 0 saturated heterocycles. The van der Waals surface area contributed by atoms with Crippen LogP contribution in [-0.2, 0) is 26.2 Å². The highest BCUT2D eigenvalue weighted by Gasteiger charge is 2.32. The van der Waals surface area contributed by atoms with Crippen LogP contribution in [0.3, 0.4) is 0 Å². The molecule has 1 N–H and O–H groups in total. The van der Waals surface area contributed by atoms with E-state index >= 15 is 0 Å². The number of nitrogens with one attached hydrogen (secondary N) is 1. The van der Waals surface area contributed by atoms with Crippen LogP contribution in [0.1, 0.15) is 58.1 Å². The lowest BCUT2D eigenvalue weighted by Crippen LogP contribution is -2.52. The molecule has 0 aromatic heterocycles. The maximum atomic E-state index is 13.7. The van der Waals surface area contributed by atoms with Crippen LogP contribution in [0.2, 0.25) is 0 Å². The van der Waals surface area contributed by atoms with Crippen LogP contribution in [-0.4, -0.2) is 50.5 Å². The molecule has 0 bridgehead atoms. The smallest absolute Gasteiger partial charge is 0.244 e. The van der Waals surface area contributed by atoms with E-state index in [9.17, 15) is 22.4 Å². The van der Waals surface area contributed by atoms with Gasteiger partial charge in [-0.25, -0.2) is 12.8 Å². The van der Waals surface area contributed by atoms with Gasteiger partial charge in [-0.1, -0.05) is 65.0 Å². The van der Waals surface area contributed by atoms with Crippen molar-refractivity contribution in [1.82, 2.24) is 10.2 Å². The van der Waals surface area contributed by atoms with Crippen molar-refractivity contribution in [2.24, 2.45) is 5.92 Å². The van der Waals surface area contributed by atoms with E-state index in [-0.39, 0.29) is 24.3 Å². The van der Waals surface area contributed by atoms with Gasteiger partial charge in [-0.05, 0) is 47.6 Å². The third-order valence-corrected chi connectivity index (χ3v) is 6.97. The van der Waals surface area contributed by atoms with Crippen molar-refractivity contribution in [3.8, 4) is 0 Å². The molecule has 0 aliphatic rings. The number of rotatable bonds is 12. The third kappa shape index (κ3) is 8.05. The molecule has 0 heterocycles. The van der Waals surface area contributed by atoms with Gasteiger partial charge in [0.2, 0.25) is 21.8 Å². The predicted molar refractivity (Wildman–Crippen MR) is 142 cm³/mol. The molecule has 0 saturated carbocycles. The maximum Gasteiger partial charge on any atom is 0.244 e. The third-order valence-electron chi connectivity index (χ3n) is 5.84. The Hall–Kier alpha value is -2.94. The topological polar surface area (TPSA) is 86.8 Å². The summed E-state index contributed by atoms with van der Waals surface area (Å²) in [6.45, 7) is 9.67. The summed E-state index contributed by atoms with van der Waals surface area (Å²) in [6, 6.07) is 11.9. The zero-order chi connectivity index (χ0) is 27.0. The summed E-state index contributed by atoms with van der Waals surface area (Å²) in [5.41, 5.74) is 1.86. The molecule has 9 heteroatoms. The summed E-state index contributed by atoms with van der Waals surface area (Å²) >= 11 is 0. The van der Waals surface area contributed by atoms with Crippen LogP contribution in [0.25, 0.3) is 0 Å². The molecule has 1 atom stereocenters. The number of benzene rings is 2. The Morgan fingerprint density at radius 1 is 1.00 bits per heavy atom. The zero-order valence-corrected chi connectivity index (χ0v) is 22.8. The Labute approximate surface area is 214 Å². The second-order valence-corrected chi connectivity index (χ2v) is 11.6. The summed E-state index contributed by atoms with van der Waals surface area (Å²) < 4.78 is 40.3. The highest BCUT2D eigenvalue weighted by Crippen LogP contribution is 2.29. The number of para-hydroxylation sites is 1. The van der Waals surface area contributed by atoms with E-state index in [4.69, 9.17) is 0 Å². The first kappa shape index (κ1) is 29.3. The van der Waals surface area contributed by atoms with E-state index in [0.29, 0.717) is 24.2 Å². The summed E-state index contributed by atoms with van der Waals surface area (Å²) in [5, 5.41) is 2.88. The van der Waals surface area contributed by atoms with Crippen molar-refractivity contribution in [2.45, 2.75) is 59.5 Å². The molecule has 36 heavy (non-hydrogen) atoms. The summed E-state index contributed by atoms with van der Waals surface area (Å²) in [7, 11) is -3.82. The summed E-state index contributed by atoms with van der Waals surface area (Å²) in [6.07, 6.45) is 1.40. The van der Waals surface area contributed by atoms with Crippen molar-refractivity contribution in [3.05, 3.63) is 65.5 Å². The van der Waals surface area contributed by atoms with E-state index in [1.54, 1.807) is 31.2 Å². The van der Waals surface area contributed by atoms with Gasteiger partial charge in [0, 0.05) is 13.1 Å². The first-order valence-corrected chi connectivity index (χ1v) is 14.1. The lowest BCUT2D eigenvalue weighted by Gasteiger charge is -2.33. The number of carbonyl (C=O) groups excluding carboxylic acids is 2. The minimum absolute atomic E-state index is 0.0288. The highest BCUT2D eigenvalue weighted by atomic mass is 32.2. The lowest BCUT2D eigenvalue weighted by atomic mass is 10.0. The van der Waals surface area contributed by atoms with E-state index in [1.165, 1.54) is 17.0 Å². The minimum Gasteiger partial charge on any atom is -0.354 e. The molecule has 2 aromatic carbocycles. The van der Waals surface area contributed by atoms with Crippen LogP contribution < -0.4 is 9.62 Å². The van der Waals surface area contributed by atoms with Crippen LogP contribution in [0.4, 0.5) is 10.1 Å². The molecule has 198 valence electrons. The van der Waals surface area contributed by atoms with Crippen LogP contribution in [0.15, 0.2) is 48.5 Å². The van der Waals surface area contributed by atoms with Gasteiger partial charge in [-0.15, -0.1) is 0 Å². The minimum atomic E-state index is -3.82. The fourth-order valence-corrected chi connectivity index (χ4v) is 4.79. The number of amides is 2. The van der Waals surface area contributed by atoms with Gasteiger partial charge in [0.15, 0.2) is 0 Å². The molecule has 0 aliphatic carbocycles. The van der Waals surface area contributed by atoms with Crippen molar-refractivity contribution >= 4 is 27.5 Å². The normalized spacial score (nSPS) is 12.5. The molecule has 2 rings (SSSR count). The number of anilines is 1. The van der Waals surface area contributed by atoms with E-state index in [1.807, 2.05) is 39.8 Å². The standard InChI is InChI=1S/C27H38FN3O4S/c1-7-24(27(33)29-16-19(2)3)30(17-21-12-14-22(28)15-13-21)26(32)18-31(36(6,34)35)25-11-9-8-10-23(25)20(4)5/h8-15,19-20,24H,7,16-18H2,1-6H3,(H,29,33)/t24-/m1/s1. The molecular weight excluding hydrogens is 481 g/mol. The van der Waals surface area contributed by atoms with Gasteiger partial charge < -0.3 is 10.2 Å². The van der Waals surface area contributed by atoms with E-state index in [0.717, 1.165) is 16.1 Å². The van der Waals surface area contributed by atoms with Crippen LogP contribution in [0.5, 0.6) is 0 Å². The zero-order valence-electron chi connectivity index (χ0n) is 22.0. The fraction of sp³-hybridized carbons (Fsp3) is 0.481. The first-order valence-electron chi connectivity index (χ1n) is 12.2. The molecule has 2 amide bonds. The second-order valence-electron chi connectivity index (χ2n) is 9.69. The largest absolute Gasteiger partial charge is 0.354 e. The summed E-state index contributed by atoms with van der Waals surface area (Å²) in [5.74, 6) is -0.987. The molecule has 0 radical (unpaired) electrons.